The van der Waals surface area contributed by atoms with Crippen LogP contribution in [0.15, 0.2) is 46.8 Å². The molecule has 0 aromatic heterocycles. The Morgan fingerprint density at radius 1 is 1.12 bits per heavy atom. The van der Waals surface area contributed by atoms with Crippen molar-refractivity contribution in [2.75, 3.05) is 20.3 Å². The molecule has 174 valence electrons. The summed E-state index contributed by atoms with van der Waals surface area (Å²) in [6, 6.07) is 5.62. The molecule has 33 heavy (non-hydrogen) atoms. The number of nitro benzene ring substituents is 1. The Hall–Kier alpha value is -4.02. The molecular weight excluding hydrogens is 434 g/mol. The van der Waals surface area contributed by atoms with Crippen LogP contribution in [0.3, 0.4) is 0 Å². The second-order valence-electron chi connectivity index (χ2n) is 7.55. The van der Waals surface area contributed by atoms with Crippen LogP contribution in [0.5, 0.6) is 0 Å². The van der Waals surface area contributed by atoms with Gasteiger partial charge < -0.3 is 14.8 Å². The van der Waals surface area contributed by atoms with Crippen molar-refractivity contribution >= 4 is 29.4 Å². The number of amides is 2. The Bertz CT molecular complexity index is 1090. The summed E-state index contributed by atoms with van der Waals surface area (Å²) in [6.45, 7) is 2.94. The molecule has 2 amide bonds. The fraction of sp³-hybridized carbons (Fsp3) is 0.364. The summed E-state index contributed by atoms with van der Waals surface area (Å²) in [5.41, 5.74) is 1.14. The molecule has 0 aliphatic carbocycles. The van der Waals surface area contributed by atoms with E-state index in [9.17, 15) is 29.3 Å². The Labute approximate surface area is 189 Å². The molecule has 1 N–H and O–H groups in total. The summed E-state index contributed by atoms with van der Waals surface area (Å²) < 4.78 is 10.2. The van der Waals surface area contributed by atoms with E-state index in [4.69, 9.17) is 9.47 Å². The molecule has 0 radical (unpaired) electrons. The number of ether oxygens (including phenoxy) is 2. The standard InChI is InChI=1S/C22H23N3O8/c1-12-18(21(28)32-3)20(14-5-4-6-15(11-14)25(30)31)19(13(2)23-12)22(29)33-10-9-24-16(26)7-8-17(24)27/h4-6,11,20,23H,7-10H2,1-3H3. The molecule has 1 aromatic rings. The van der Waals surface area contributed by atoms with Gasteiger partial charge in [0.25, 0.3) is 5.69 Å². The highest BCUT2D eigenvalue weighted by molar-refractivity contribution is 6.02. The van der Waals surface area contributed by atoms with Gasteiger partial charge in [0.2, 0.25) is 11.8 Å². The van der Waals surface area contributed by atoms with E-state index >= 15 is 0 Å². The number of imide groups is 1. The van der Waals surface area contributed by atoms with E-state index in [0.717, 1.165) is 4.90 Å². The second kappa shape index (κ2) is 9.63. The van der Waals surface area contributed by atoms with E-state index in [1.54, 1.807) is 19.9 Å². The molecule has 1 atom stereocenters. The van der Waals surface area contributed by atoms with Gasteiger partial charge in [-0.2, -0.15) is 0 Å². The largest absolute Gasteiger partial charge is 0.466 e. The Morgan fingerprint density at radius 2 is 1.73 bits per heavy atom. The van der Waals surface area contributed by atoms with Crippen LogP contribution >= 0.6 is 0 Å². The lowest BCUT2D eigenvalue weighted by Crippen LogP contribution is -2.35. The van der Waals surface area contributed by atoms with Crippen molar-refractivity contribution < 1.29 is 33.6 Å². The highest BCUT2D eigenvalue weighted by atomic mass is 16.6. The van der Waals surface area contributed by atoms with Gasteiger partial charge in [0.1, 0.15) is 6.61 Å². The van der Waals surface area contributed by atoms with Crippen LogP contribution in [0.1, 0.15) is 38.2 Å². The maximum absolute atomic E-state index is 13.1. The van der Waals surface area contributed by atoms with E-state index in [0.29, 0.717) is 17.0 Å². The normalized spacial score (nSPS) is 18.4. The number of hydrogen-bond donors (Lipinski definition) is 1. The maximum atomic E-state index is 13.1. The summed E-state index contributed by atoms with van der Waals surface area (Å²) >= 11 is 0. The third kappa shape index (κ3) is 4.76. The van der Waals surface area contributed by atoms with Crippen molar-refractivity contribution in [3.63, 3.8) is 0 Å². The first-order chi connectivity index (χ1) is 15.6. The summed E-state index contributed by atoms with van der Waals surface area (Å²) in [7, 11) is 1.19. The van der Waals surface area contributed by atoms with E-state index in [1.807, 2.05) is 0 Å². The topological polar surface area (TPSA) is 145 Å². The Kier molecular flexibility index (Phi) is 6.90. The zero-order valence-electron chi connectivity index (χ0n) is 18.4. The third-order valence-corrected chi connectivity index (χ3v) is 5.50. The minimum Gasteiger partial charge on any atom is -0.466 e. The molecule has 0 saturated carbocycles. The van der Waals surface area contributed by atoms with Crippen molar-refractivity contribution in [3.05, 3.63) is 62.5 Å². The molecule has 2 aliphatic heterocycles. The number of nitrogens with one attached hydrogen (secondary N) is 1. The molecule has 2 aliphatic rings. The number of hydrogen-bond acceptors (Lipinski definition) is 9. The number of allylic oxidation sites excluding steroid dienone is 2. The van der Waals surface area contributed by atoms with Crippen LogP contribution in [0.2, 0.25) is 0 Å². The van der Waals surface area contributed by atoms with Gasteiger partial charge >= 0.3 is 11.9 Å². The number of nitrogens with zero attached hydrogens (tertiary/aromatic N) is 2. The molecule has 11 heteroatoms. The number of rotatable bonds is 7. The molecule has 1 unspecified atom stereocenters. The smallest absolute Gasteiger partial charge is 0.336 e. The number of carbonyl (C=O) groups excluding carboxylic acids is 4. The van der Waals surface area contributed by atoms with Crippen molar-refractivity contribution in [3.8, 4) is 0 Å². The minimum absolute atomic E-state index is 0.0700. The summed E-state index contributed by atoms with van der Waals surface area (Å²) in [5.74, 6) is -3.13. The van der Waals surface area contributed by atoms with Crippen molar-refractivity contribution in [2.45, 2.75) is 32.6 Å². The lowest BCUT2D eigenvalue weighted by Gasteiger charge is -2.30. The van der Waals surface area contributed by atoms with Gasteiger partial charge in [0.05, 0.1) is 35.6 Å². The number of dihydropyridines is 1. The lowest BCUT2D eigenvalue weighted by molar-refractivity contribution is -0.384. The van der Waals surface area contributed by atoms with Gasteiger partial charge in [-0.15, -0.1) is 0 Å². The molecule has 3 rings (SSSR count). The van der Waals surface area contributed by atoms with Crippen molar-refractivity contribution in [1.29, 1.82) is 0 Å². The quantitative estimate of drug-likeness (QED) is 0.280. The number of likely N-dealkylation sites (tertiary alicyclic amines) is 1. The lowest BCUT2D eigenvalue weighted by atomic mass is 9.80. The Balaban J connectivity index is 1.94. The molecule has 1 fully saturated rings. The van der Waals surface area contributed by atoms with Crippen LogP contribution in [-0.4, -0.2) is 53.8 Å². The van der Waals surface area contributed by atoms with Crippen molar-refractivity contribution in [1.82, 2.24) is 10.2 Å². The van der Waals surface area contributed by atoms with Gasteiger partial charge in [-0.1, -0.05) is 12.1 Å². The van der Waals surface area contributed by atoms with Crippen molar-refractivity contribution in [2.24, 2.45) is 0 Å². The highest BCUT2D eigenvalue weighted by Gasteiger charge is 2.38. The molecule has 2 heterocycles. The zero-order chi connectivity index (χ0) is 24.3. The van der Waals surface area contributed by atoms with E-state index < -0.39 is 22.8 Å². The van der Waals surface area contributed by atoms with Gasteiger partial charge in [0, 0.05) is 36.4 Å². The maximum Gasteiger partial charge on any atom is 0.336 e. The highest BCUT2D eigenvalue weighted by Crippen LogP contribution is 2.40. The van der Waals surface area contributed by atoms with E-state index in [1.165, 1.54) is 25.3 Å². The van der Waals surface area contributed by atoms with Crippen LogP contribution in [0.4, 0.5) is 5.69 Å². The van der Waals surface area contributed by atoms with Gasteiger partial charge in [-0.3, -0.25) is 24.6 Å². The molecule has 0 bridgehead atoms. The molecule has 0 spiro atoms. The second-order valence-corrected chi connectivity index (χ2v) is 7.55. The molecule has 11 nitrogen and oxygen atoms in total. The van der Waals surface area contributed by atoms with Crippen LogP contribution in [-0.2, 0) is 28.7 Å². The predicted molar refractivity (Wildman–Crippen MR) is 113 cm³/mol. The number of carbonyl (C=O) groups is 4. The monoisotopic (exact) mass is 457 g/mol. The third-order valence-electron chi connectivity index (χ3n) is 5.50. The molecule has 1 aromatic carbocycles. The van der Waals surface area contributed by atoms with E-state index in [2.05, 4.69) is 5.32 Å². The van der Waals surface area contributed by atoms with Gasteiger partial charge in [0.15, 0.2) is 0 Å². The fourth-order valence-electron chi connectivity index (χ4n) is 3.98. The van der Waals surface area contributed by atoms with Crippen LogP contribution < -0.4 is 5.32 Å². The van der Waals surface area contributed by atoms with Crippen LogP contribution in [0.25, 0.3) is 0 Å². The number of nitro groups is 1. The number of benzene rings is 1. The van der Waals surface area contributed by atoms with Gasteiger partial charge in [-0.25, -0.2) is 9.59 Å². The first-order valence-electron chi connectivity index (χ1n) is 10.2. The average molecular weight is 457 g/mol. The Morgan fingerprint density at radius 3 is 2.30 bits per heavy atom. The number of methoxy groups -OCH3 is 1. The number of esters is 2. The minimum atomic E-state index is -0.985. The average Bonchev–Trinajstić information content (AvgIpc) is 3.10. The first-order valence-corrected chi connectivity index (χ1v) is 10.2. The summed E-state index contributed by atoms with van der Waals surface area (Å²) in [6.07, 6.45) is 0.255. The first kappa shape index (κ1) is 23.6. The predicted octanol–water partition coefficient (Wildman–Crippen LogP) is 1.69. The summed E-state index contributed by atoms with van der Waals surface area (Å²) in [4.78, 5) is 61.0. The molecular formula is C22H23N3O8. The number of non-ortho nitro benzene ring substituents is 1. The van der Waals surface area contributed by atoms with Crippen LogP contribution in [0, 0.1) is 10.1 Å². The SMILES string of the molecule is COC(=O)C1=C(C)NC(C)=C(C(=O)OCCN2C(=O)CCC2=O)C1c1cccc([N+](=O)[O-])c1. The molecule has 1 saturated heterocycles. The van der Waals surface area contributed by atoms with Gasteiger partial charge in [-0.05, 0) is 19.4 Å². The fourth-order valence-corrected chi connectivity index (χ4v) is 3.98. The summed E-state index contributed by atoms with van der Waals surface area (Å²) in [5, 5.41) is 14.3. The zero-order valence-corrected chi connectivity index (χ0v) is 18.4. The van der Waals surface area contributed by atoms with E-state index in [-0.39, 0.29) is 54.6 Å².